The number of hydrogen-bond acceptors (Lipinski definition) is 3. The molecule has 0 radical (unpaired) electrons. The van der Waals surface area contributed by atoms with E-state index < -0.39 is 0 Å². The fraction of sp³-hybridized carbons (Fsp3) is 0.947. The van der Waals surface area contributed by atoms with Crippen LogP contribution in [0.25, 0.3) is 0 Å². The van der Waals surface area contributed by atoms with Crippen molar-refractivity contribution in [1.82, 2.24) is 4.90 Å². The van der Waals surface area contributed by atoms with Gasteiger partial charge in [0, 0.05) is 18.9 Å². The SMILES string of the molecule is CCCCCCCCCCCC(=O)OCC1CCCN(C)C1. The molecular weight excluding hydrogens is 274 g/mol. The van der Waals surface area contributed by atoms with Crippen LogP contribution in [0.15, 0.2) is 0 Å². The Kier molecular flexibility index (Phi) is 11.4. The van der Waals surface area contributed by atoms with Crippen LogP contribution in [0.2, 0.25) is 0 Å². The fourth-order valence-electron chi connectivity index (χ4n) is 3.27. The van der Waals surface area contributed by atoms with Crippen LogP contribution < -0.4 is 0 Å². The third-order valence-corrected chi connectivity index (χ3v) is 4.69. The van der Waals surface area contributed by atoms with Gasteiger partial charge in [0.05, 0.1) is 6.61 Å². The lowest BCUT2D eigenvalue weighted by atomic mass is 10.00. The highest BCUT2D eigenvalue weighted by Crippen LogP contribution is 2.16. The molecule has 1 atom stereocenters. The number of ether oxygens (including phenoxy) is 1. The first-order valence-electron chi connectivity index (χ1n) is 9.56. The first kappa shape index (κ1) is 19.5. The second-order valence-corrected chi connectivity index (χ2v) is 7.03. The molecule has 1 aliphatic heterocycles. The lowest BCUT2D eigenvalue weighted by molar-refractivity contribution is -0.145. The number of esters is 1. The molecule has 1 fully saturated rings. The Hall–Kier alpha value is -0.570. The first-order chi connectivity index (χ1) is 10.7. The Morgan fingerprint density at radius 1 is 1.05 bits per heavy atom. The molecule has 0 aromatic heterocycles. The summed E-state index contributed by atoms with van der Waals surface area (Å²) in [7, 11) is 2.15. The van der Waals surface area contributed by atoms with E-state index in [-0.39, 0.29) is 5.97 Å². The molecule has 0 bridgehead atoms. The predicted octanol–water partition coefficient (Wildman–Crippen LogP) is 4.79. The number of piperidine rings is 1. The minimum absolute atomic E-state index is 0.0103. The van der Waals surface area contributed by atoms with Crippen LogP contribution in [0.5, 0.6) is 0 Å². The van der Waals surface area contributed by atoms with Gasteiger partial charge >= 0.3 is 5.97 Å². The van der Waals surface area contributed by atoms with Gasteiger partial charge in [-0.2, -0.15) is 0 Å². The summed E-state index contributed by atoms with van der Waals surface area (Å²) in [6.07, 6.45) is 14.6. The average Bonchev–Trinajstić information content (AvgIpc) is 2.51. The summed E-state index contributed by atoms with van der Waals surface area (Å²) in [5.41, 5.74) is 0. The Morgan fingerprint density at radius 2 is 1.68 bits per heavy atom. The number of rotatable bonds is 12. The van der Waals surface area contributed by atoms with Gasteiger partial charge in [0.1, 0.15) is 0 Å². The van der Waals surface area contributed by atoms with Gasteiger partial charge in [-0.3, -0.25) is 4.79 Å². The van der Waals surface area contributed by atoms with Gasteiger partial charge in [0.25, 0.3) is 0 Å². The summed E-state index contributed by atoms with van der Waals surface area (Å²) in [4.78, 5) is 14.1. The van der Waals surface area contributed by atoms with Crippen molar-refractivity contribution in [3.05, 3.63) is 0 Å². The van der Waals surface area contributed by atoms with Crippen LogP contribution >= 0.6 is 0 Å². The van der Waals surface area contributed by atoms with E-state index in [0.717, 1.165) is 13.0 Å². The summed E-state index contributed by atoms with van der Waals surface area (Å²) in [5, 5.41) is 0. The van der Waals surface area contributed by atoms with Crippen molar-refractivity contribution in [3.63, 3.8) is 0 Å². The average molecular weight is 312 g/mol. The molecule has 130 valence electrons. The molecular formula is C19H37NO2. The number of likely N-dealkylation sites (tertiary alicyclic amines) is 1. The van der Waals surface area contributed by atoms with Gasteiger partial charge in [-0.15, -0.1) is 0 Å². The second kappa shape index (κ2) is 12.9. The van der Waals surface area contributed by atoms with Crippen LogP contribution in [-0.4, -0.2) is 37.6 Å². The molecule has 22 heavy (non-hydrogen) atoms. The van der Waals surface area contributed by atoms with Crippen molar-refractivity contribution in [1.29, 1.82) is 0 Å². The third-order valence-electron chi connectivity index (χ3n) is 4.69. The molecule has 1 heterocycles. The van der Waals surface area contributed by atoms with E-state index in [2.05, 4.69) is 18.9 Å². The first-order valence-corrected chi connectivity index (χ1v) is 9.56. The van der Waals surface area contributed by atoms with Crippen molar-refractivity contribution in [2.24, 2.45) is 5.92 Å². The topological polar surface area (TPSA) is 29.5 Å². The summed E-state index contributed by atoms with van der Waals surface area (Å²) in [6.45, 7) is 5.14. The highest BCUT2D eigenvalue weighted by Gasteiger charge is 2.18. The molecule has 0 amide bonds. The van der Waals surface area contributed by atoms with Crippen molar-refractivity contribution in [2.75, 3.05) is 26.7 Å². The van der Waals surface area contributed by atoms with Crippen molar-refractivity contribution < 1.29 is 9.53 Å². The van der Waals surface area contributed by atoms with Crippen LogP contribution in [0.4, 0.5) is 0 Å². The van der Waals surface area contributed by atoms with Gasteiger partial charge in [0.15, 0.2) is 0 Å². The van der Waals surface area contributed by atoms with E-state index in [1.807, 2.05) is 0 Å². The molecule has 1 unspecified atom stereocenters. The Bertz CT molecular complexity index is 281. The molecule has 3 heteroatoms. The molecule has 0 aromatic carbocycles. The predicted molar refractivity (Wildman–Crippen MR) is 93.0 cm³/mol. The Morgan fingerprint density at radius 3 is 2.32 bits per heavy atom. The van der Waals surface area contributed by atoms with Crippen molar-refractivity contribution in [3.8, 4) is 0 Å². The molecule has 0 spiro atoms. The molecule has 0 N–H and O–H groups in total. The van der Waals surface area contributed by atoms with E-state index in [4.69, 9.17) is 4.74 Å². The second-order valence-electron chi connectivity index (χ2n) is 7.03. The summed E-state index contributed by atoms with van der Waals surface area (Å²) >= 11 is 0. The lowest BCUT2D eigenvalue weighted by Gasteiger charge is -2.29. The molecule has 0 aromatic rings. The standard InChI is InChI=1S/C19H37NO2/c1-3-4-5-6-7-8-9-10-11-14-19(21)22-17-18-13-12-15-20(2)16-18/h18H,3-17H2,1-2H3. The fourth-order valence-corrected chi connectivity index (χ4v) is 3.27. The van der Waals surface area contributed by atoms with Crippen molar-refractivity contribution in [2.45, 2.75) is 84.0 Å². The number of carbonyl (C=O) groups excluding carboxylic acids is 1. The quantitative estimate of drug-likeness (QED) is 0.383. The highest BCUT2D eigenvalue weighted by atomic mass is 16.5. The van der Waals surface area contributed by atoms with E-state index >= 15 is 0 Å². The molecule has 1 saturated heterocycles. The summed E-state index contributed by atoms with van der Waals surface area (Å²) < 4.78 is 5.44. The van der Waals surface area contributed by atoms with E-state index in [0.29, 0.717) is 18.9 Å². The largest absolute Gasteiger partial charge is 0.465 e. The molecule has 3 nitrogen and oxygen atoms in total. The summed E-state index contributed by atoms with van der Waals surface area (Å²) in [6, 6.07) is 0. The van der Waals surface area contributed by atoms with Crippen molar-refractivity contribution >= 4 is 5.97 Å². The lowest BCUT2D eigenvalue weighted by Crippen LogP contribution is -2.34. The molecule has 0 saturated carbocycles. The third kappa shape index (κ3) is 10.2. The van der Waals surface area contributed by atoms with E-state index in [1.54, 1.807) is 0 Å². The maximum absolute atomic E-state index is 11.7. The zero-order valence-electron chi connectivity index (χ0n) is 14.9. The molecule has 0 aliphatic carbocycles. The van der Waals surface area contributed by atoms with Gasteiger partial charge in [0.2, 0.25) is 0 Å². The number of carbonyl (C=O) groups is 1. The van der Waals surface area contributed by atoms with E-state index in [1.165, 1.54) is 70.8 Å². The van der Waals surface area contributed by atoms with Crippen LogP contribution in [0, 0.1) is 5.92 Å². The van der Waals surface area contributed by atoms with Gasteiger partial charge < -0.3 is 9.64 Å². The highest BCUT2D eigenvalue weighted by molar-refractivity contribution is 5.69. The number of nitrogens with zero attached hydrogens (tertiary/aromatic N) is 1. The van der Waals surface area contributed by atoms with Gasteiger partial charge in [-0.1, -0.05) is 58.3 Å². The monoisotopic (exact) mass is 311 g/mol. The molecule has 1 aliphatic rings. The Balaban J connectivity index is 1.87. The van der Waals surface area contributed by atoms with Crippen LogP contribution in [0.3, 0.4) is 0 Å². The number of hydrogen-bond donors (Lipinski definition) is 0. The minimum Gasteiger partial charge on any atom is -0.465 e. The normalized spacial score (nSPS) is 19.3. The Labute approximate surface area is 137 Å². The van der Waals surface area contributed by atoms with Crippen LogP contribution in [-0.2, 0) is 9.53 Å². The smallest absolute Gasteiger partial charge is 0.305 e. The minimum atomic E-state index is 0.0103. The van der Waals surface area contributed by atoms with Gasteiger partial charge in [-0.05, 0) is 32.9 Å². The van der Waals surface area contributed by atoms with Gasteiger partial charge in [-0.25, -0.2) is 0 Å². The van der Waals surface area contributed by atoms with Crippen LogP contribution in [0.1, 0.15) is 84.0 Å². The summed E-state index contributed by atoms with van der Waals surface area (Å²) in [5.74, 6) is 0.557. The van der Waals surface area contributed by atoms with E-state index in [9.17, 15) is 4.79 Å². The maximum atomic E-state index is 11.7. The zero-order valence-corrected chi connectivity index (χ0v) is 14.9. The number of unbranched alkanes of at least 4 members (excludes halogenated alkanes) is 8. The molecule has 1 rings (SSSR count). The zero-order chi connectivity index (χ0) is 16.0. The maximum Gasteiger partial charge on any atom is 0.305 e.